The van der Waals surface area contributed by atoms with Crippen LogP contribution in [0.5, 0.6) is 5.75 Å². The molecule has 0 N–H and O–H groups in total. The highest BCUT2D eigenvalue weighted by atomic mass is 32.2. The molecule has 0 amide bonds. The van der Waals surface area contributed by atoms with Crippen molar-refractivity contribution in [2.45, 2.75) is 37.5 Å². The Balaban J connectivity index is 1.79. The molecule has 0 saturated heterocycles. The molecule has 0 aliphatic rings. The van der Waals surface area contributed by atoms with Gasteiger partial charge in [0.25, 0.3) is 0 Å². The first kappa shape index (κ1) is 16.0. The molecule has 2 rings (SSSR count). The van der Waals surface area contributed by atoms with E-state index in [2.05, 4.69) is 69.3 Å². The largest absolute Gasteiger partial charge is 0.493 e. The second kappa shape index (κ2) is 7.56. The summed E-state index contributed by atoms with van der Waals surface area (Å²) in [6.45, 7) is 7.51. The van der Waals surface area contributed by atoms with Gasteiger partial charge in [-0.25, -0.2) is 0 Å². The molecular weight excluding hydrogens is 276 g/mol. The first-order valence-electron chi connectivity index (χ1n) is 7.53. The summed E-state index contributed by atoms with van der Waals surface area (Å²) in [6.07, 6.45) is 1.14. The summed E-state index contributed by atoms with van der Waals surface area (Å²) in [4.78, 5) is 1.29. The second-order valence-electron chi connectivity index (χ2n) is 5.77. The normalized spacial score (nSPS) is 11.4. The Morgan fingerprint density at radius 2 is 1.62 bits per heavy atom. The number of rotatable bonds is 7. The van der Waals surface area contributed by atoms with Crippen LogP contribution >= 0.6 is 11.8 Å². The Labute approximate surface area is 132 Å². The van der Waals surface area contributed by atoms with Crippen LogP contribution < -0.4 is 4.74 Å². The van der Waals surface area contributed by atoms with Crippen molar-refractivity contribution in [1.82, 2.24) is 0 Å². The minimum Gasteiger partial charge on any atom is -0.493 e. The predicted molar refractivity (Wildman–Crippen MR) is 92.4 cm³/mol. The highest BCUT2D eigenvalue weighted by Crippen LogP contribution is 2.28. The highest BCUT2D eigenvalue weighted by Gasteiger charge is 2.17. The maximum atomic E-state index is 5.81. The zero-order valence-corrected chi connectivity index (χ0v) is 14.0. The van der Waals surface area contributed by atoms with E-state index in [0.29, 0.717) is 0 Å². The van der Waals surface area contributed by atoms with Gasteiger partial charge in [0.05, 0.1) is 6.61 Å². The lowest BCUT2D eigenvalue weighted by atomic mass is 9.82. The molecule has 0 unspecified atom stereocenters. The Morgan fingerprint density at radius 1 is 0.952 bits per heavy atom. The number of hydrogen-bond acceptors (Lipinski definition) is 2. The van der Waals surface area contributed by atoms with Gasteiger partial charge in [-0.15, -0.1) is 11.8 Å². The van der Waals surface area contributed by atoms with Crippen molar-refractivity contribution in [1.29, 1.82) is 0 Å². The standard InChI is InChI=1S/C19H24OS/c1-4-19(2,3)16-10-12-17(13-11-16)20-14-15-21-18-8-6-5-7-9-18/h5-13H,4,14-15H2,1-3H3. The fraction of sp³-hybridized carbons (Fsp3) is 0.368. The predicted octanol–water partition coefficient (Wildman–Crippen LogP) is 5.55. The van der Waals surface area contributed by atoms with Crippen molar-refractivity contribution in [2.75, 3.05) is 12.4 Å². The summed E-state index contributed by atoms with van der Waals surface area (Å²) in [5, 5.41) is 0. The Hall–Kier alpha value is -1.41. The summed E-state index contributed by atoms with van der Waals surface area (Å²) < 4.78 is 5.81. The molecule has 0 heterocycles. The van der Waals surface area contributed by atoms with Crippen LogP contribution in [0.3, 0.4) is 0 Å². The van der Waals surface area contributed by atoms with E-state index in [0.717, 1.165) is 24.5 Å². The monoisotopic (exact) mass is 300 g/mol. The van der Waals surface area contributed by atoms with Crippen LogP contribution in [0, 0.1) is 0 Å². The molecule has 21 heavy (non-hydrogen) atoms. The first-order chi connectivity index (χ1) is 10.1. The van der Waals surface area contributed by atoms with Gasteiger partial charge in [0.15, 0.2) is 0 Å². The van der Waals surface area contributed by atoms with Crippen LogP contribution in [-0.2, 0) is 5.41 Å². The van der Waals surface area contributed by atoms with Gasteiger partial charge in [-0.3, -0.25) is 0 Å². The van der Waals surface area contributed by atoms with Crippen LogP contribution in [-0.4, -0.2) is 12.4 Å². The average molecular weight is 300 g/mol. The lowest BCUT2D eigenvalue weighted by molar-refractivity contribution is 0.343. The van der Waals surface area contributed by atoms with E-state index in [1.165, 1.54) is 10.5 Å². The molecule has 2 aromatic rings. The molecule has 1 nitrogen and oxygen atoms in total. The van der Waals surface area contributed by atoms with E-state index in [-0.39, 0.29) is 5.41 Å². The summed E-state index contributed by atoms with van der Waals surface area (Å²) >= 11 is 1.83. The minimum atomic E-state index is 0.238. The van der Waals surface area contributed by atoms with Gasteiger partial charge in [0.2, 0.25) is 0 Å². The van der Waals surface area contributed by atoms with Gasteiger partial charge >= 0.3 is 0 Å². The van der Waals surface area contributed by atoms with E-state index < -0.39 is 0 Å². The van der Waals surface area contributed by atoms with Crippen molar-refractivity contribution in [3.8, 4) is 5.75 Å². The third-order valence-corrected chi connectivity index (χ3v) is 4.86. The lowest BCUT2D eigenvalue weighted by Crippen LogP contribution is -2.15. The fourth-order valence-electron chi connectivity index (χ4n) is 2.04. The first-order valence-corrected chi connectivity index (χ1v) is 8.51. The van der Waals surface area contributed by atoms with Crippen molar-refractivity contribution < 1.29 is 4.74 Å². The summed E-state index contributed by atoms with van der Waals surface area (Å²) in [5.41, 5.74) is 1.61. The third-order valence-electron chi connectivity index (χ3n) is 3.88. The van der Waals surface area contributed by atoms with Gasteiger partial charge in [0.1, 0.15) is 5.75 Å². The summed E-state index contributed by atoms with van der Waals surface area (Å²) in [6, 6.07) is 19.0. The van der Waals surface area contributed by atoms with E-state index in [4.69, 9.17) is 4.74 Å². The van der Waals surface area contributed by atoms with Gasteiger partial charge in [-0.05, 0) is 41.7 Å². The number of ether oxygens (including phenoxy) is 1. The molecule has 2 heteroatoms. The zero-order chi connectivity index (χ0) is 15.1. The summed E-state index contributed by atoms with van der Waals surface area (Å²) in [7, 11) is 0. The number of hydrogen-bond donors (Lipinski definition) is 0. The second-order valence-corrected chi connectivity index (χ2v) is 6.94. The van der Waals surface area contributed by atoms with E-state index in [9.17, 15) is 0 Å². The SMILES string of the molecule is CCC(C)(C)c1ccc(OCCSc2ccccc2)cc1. The fourth-order valence-corrected chi connectivity index (χ4v) is 2.79. The Bertz CT molecular complexity index is 531. The van der Waals surface area contributed by atoms with Gasteiger partial charge in [-0.1, -0.05) is 51.1 Å². The van der Waals surface area contributed by atoms with Gasteiger partial charge < -0.3 is 4.74 Å². The molecular formula is C19H24OS. The molecule has 112 valence electrons. The number of benzene rings is 2. The molecule has 0 atom stereocenters. The molecule has 0 fully saturated rings. The highest BCUT2D eigenvalue weighted by molar-refractivity contribution is 7.99. The van der Waals surface area contributed by atoms with Crippen molar-refractivity contribution in [2.24, 2.45) is 0 Å². The molecule has 0 aliphatic carbocycles. The van der Waals surface area contributed by atoms with Crippen LogP contribution in [0.2, 0.25) is 0 Å². The molecule has 0 aromatic heterocycles. The topological polar surface area (TPSA) is 9.23 Å². The minimum absolute atomic E-state index is 0.238. The van der Waals surface area contributed by atoms with Gasteiger partial charge in [-0.2, -0.15) is 0 Å². The van der Waals surface area contributed by atoms with Crippen LogP contribution in [0.4, 0.5) is 0 Å². The molecule has 0 spiro atoms. The van der Waals surface area contributed by atoms with Crippen LogP contribution in [0.1, 0.15) is 32.8 Å². The lowest BCUT2D eigenvalue weighted by Gasteiger charge is -2.23. The molecule has 2 aromatic carbocycles. The van der Waals surface area contributed by atoms with E-state index in [1.807, 2.05) is 17.8 Å². The number of thioether (sulfide) groups is 1. The van der Waals surface area contributed by atoms with Crippen LogP contribution in [0.25, 0.3) is 0 Å². The molecule has 0 saturated carbocycles. The van der Waals surface area contributed by atoms with Crippen LogP contribution in [0.15, 0.2) is 59.5 Å². The molecule has 0 radical (unpaired) electrons. The molecule has 0 aliphatic heterocycles. The quantitative estimate of drug-likeness (QED) is 0.490. The van der Waals surface area contributed by atoms with E-state index >= 15 is 0 Å². The van der Waals surface area contributed by atoms with Crippen molar-refractivity contribution in [3.63, 3.8) is 0 Å². The smallest absolute Gasteiger partial charge is 0.119 e. The van der Waals surface area contributed by atoms with Crippen molar-refractivity contribution in [3.05, 3.63) is 60.2 Å². The van der Waals surface area contributed by atoms with Gasteiger partial charge in [0, 0.05) is 10.6 Å². The third kappa shape index (κ3) is 4.82. The zero-order valence-electron chi connectivity index (χ0n) is 13.1. The summed E-state index contributed by atoms with van der Waals surface area (Å²) in [5.74, 6) is 1.92. The van der Waals surface area contributed by atoms with Crippen molar-refractivity contribution >= 4 is 11.8 Å². The Kier molecular flexibility index (Phi) is 5.75. The average Bonchev–Trinajstić information content (AvgIpc) is 2.53. The molecule has 0 bridgehead atoms. The van der Waals surface area contributed by atoms with E-state index in [1.54, 1.807) is 0 Å². The Morgan fingerprint density at radius 3 is 2.24 bits per heavy atom. The maximum absolute atomic E-state index is 5.81. The maximum Gasteiger partial charge on any atom is 0.119 e.